The standard InChI is InChI=1S/C10H15FN2O3S/c1-3-13(4-2)17(15,16)12-8-5-6-10(14)9(11)7-8/h5-7,12,14H,3-4H2,1-2H3. The second-order valence-corrected chi connectivity index (χ2v) is 5.03. The van der Waals surface area contributed by atoms with Crippen LogP contribution in [0, 0.1) is 5.82 Å². The summed E-state index contributed by atoms with van der Waals surface area (Å²) in [6, 6.07) is 3.31. The maximum Gasteiger partial charge on any atom is 0.301 e. The normalized spacial score (nSPS) is 11.8. The fourth-order valence-electron chi connectivity index (χ4n) is 1.35. The summed E-state index contributed by atoms with van der Waals surface area (Å²) < 4.78 is 40.0. The highest BCUT2D eigenvalue weighted by Crippen LogP contribution is 2.20. The molecule has 1 rings (SSSR count). The van der Waals surface area contributed by atoms with Gasteiger partial charge in [-0.25, -0.2) is 4.39 Å². The van der Waals surface area contributed by atoms with E-state index in [2.05, 4.69) is 4.72 Å². The van der Waals surface area contributed by atoms with Crippen molar-refractivity contribution in [1.82, 2.24) is 4.31 Å². The Morgan fingerprint density at radius 2 is 1.94 bits per heavy atom. The third-order valence-electron chi connectivity index (χ3n) is 2.24. The van der Waals surface area contributed by atoms with E-state index in [-0.39, 0.29) is 5.69 Å². The topological polar surface area (TPSA) is 69.6 Å². The molecule has 1 aromatic rings. The van der Waals surface area contributed by atoms with Gasteiger partial charge < -0.3 is 5.11 Å². The predicted octanol–water partition coefficient (Wildman–Crippen LogP) is 1.53. The number of anilines is 1. The highest BCUT2D eigenvalue weighted by atomic mass is 32.2. The van der Waals surface area contributed by atoms with E-state index in [4.69, 9.17) is 5.11 Å². The number of hydrogen-bond donors (Lipinski definition) is 2. The van der Waals surface area contributed by atoms with Crippen molar-refractivity contribution in [2.24, 2.45) is 0 Å². The summed E-state index contributed by atoms with van der Waals surface area (Å²) in [5.74, 6) is -1.39. The quantitative estimate of drug-likeness (QED) is 0.791. The Balaban J connectivity index is 2.94. The number of rotatable bonds is 5. The highest BCUT2D eigenvalue weighted by Gasteiger charge is 2.18. The van der Waals surface area contributed by atoms with Crippen LogP contribution in [0.25, 0.3) is 0 Å². The molecule has 17 heavy (non-hydrogen) atoms. The molecule has 96 valence electrons. The lowest BCUT2D eigenvalue weighted by atomic mass is 10.3. The summed E-state index contributed by atoms with van der Waals surface area (Å²) in [5, 5.41) is 8.98. The van der Waals surface area contributed by atoms with Crippen molar-refractivity contribution < 1.29 is 17.9 Å². The zero-order valence-corrected chi connectivity index (χ0v) is 10.5. The Hall–Kier alpha value is -1.34. The first kappa shape index (κ1) is 13.7. The number of nitrogens with one attached hydrogen (secondary N) is 1. The molecule has 0 saturated heterocycles. The van der Waals surface area contributed by atoms with Gasteiger partial charge >= 0.3 is 10.2 Å². The van der Waals surface area contributed by atoms with Gasteiger partial charge in [-0.15, -0.1) is 0 Å². The van der Waals surface area contributed by atoms with Crippen molar-refractivity contribution in [1.29, 1.82) is 0 Å². The zero-order chi connectivity index (χ0) is 13.1. The van der Waals surface area contributed by atoms with Crippen LogP contribution in [0.15, 0.2) is 18.2 Å². The van der Waals surface area contributed by atoms with Gasteiger partial charge in [0.1, 0.15) is 0 Å². The van der Waals surface area contributed by atoms with Gasteiger partial charge in [-0.05, 0) is 12.1 Å². The van der Waals surface area contributed by atoms with E-state index < -0.39 is 21.8 Å². The predicted molar refractivity (Wildman–Crippen MR) is 63.5 cm³/mol. The molecule has 0 radical (unpaired) electrons. The van der Waals surface area contributed by atoms with E-state index in [0.717, 1.165) is 12.1 Å². The summed E-state index contributed by atoms with van der Waals surface area (Å²) >= 11 is 0. The van der Waals surface area contributed by atoms with E-state index in [0.29, 0.717) is 13.1 Å². The third kappa shape index (κ3) is 3.31. The van der Waals surface area contributed by atoms with E-state index in [1.165, 1.54) is 10.4 Å². The first-order chi connectivity index (χ1) is 7.90. The molecule has 0 aliphatic heterocycles. The molecule has 0 aliphatic rings. The van der Waals surface area contributed by atoms with E-state index in [1.54, 1.807) is 13.8 Å². The van der Waals surface area contributed by atoms with Crippen LogP contribution >= 0.6 is 0 Å². The van der Waals surface area contributed by atoms with Crippen LogP contribution in [-0.4, -0.2) is 30.9 Å². The second-order valence-electron chi connectivity index (χ2n) is 3.36. The lowest BCUT2D eigenvalue weighted by Crippen LogP contribution is -2.35. The fourth-order valence-corrected chi connectivity index (χ4v) is 2.58. The van der Waals surface area contributed by atoms with Gasteiger partial charge in [0.05, 0.1) is 5.69 Å². The number of halogens is 1. The van der Waals surface area contributed by atoms with Crippen LogP contribution in [0.2, 0.25) is 0 Å². The van der Waals surface area contributed by atoms with Gasteiger partial charge in [-0.2, -0.15) is 12.7 Å². The Kier molecular flexibility index (Phi) is 4.30. The van der Waals surface area contributed by atoms with Gasteiger partial charge in [-0.1, -0.05) is 13.8 Å². The maximum atomic E-state index is 13.0. The van der Waals surface area contributed by atoms with E-state index in [9.17, 15) is 12.8 Å². The monoisotopic (exact) mass is 262 g/mol. The minimum absolute atomic E-state index is 0.0761. The van der Waals surface area contributed by atoms with Crippen LogP contribution in [0.1, 0.15) is 13.8 Å². The van der Waals surface area contributed by atoms with Crippen molar-refractivity contribution in [3.05, 3.63) is 24.0 Å². The highest BCUT2D eigenvalue weighted by molar-refractivity contribution is 7.90. The van der Waals surface area contributed by atoms with Crippen LogP contribution in [0.5, 0.6) is 5.75 Å². The number of benzene rings is 1. The van der Waals surface area contributed by atoms with Gasteiger partial charge in [0.2, 0.25) is 0 Å². The number of nitrogens with zero attached hydrogens (tertiary/aromatic N) is 1. The molecule has 1 aromatic carbocycles. The van der Waals surface area contributed by atoms with Crippen LogP contribution in [-0.2, 0) is 10.2 Å². The molecule has 0 aliphatic carbocycles. The molecular weight excluding hydrogens is 247 g/mol. The first-order valence-electron chi connectivity index (χ1n) is 5.17. The molecule has 0 fully saturated rings. The van der Waals surface area contributed by atoms with Gasteiger partial charge in [0, 0.05) is 19.2 Å². The van der Waals surface area contributed by atoms with Crippen LogP contribution < -0.4 is 4.72 Å². The van der Waals surface area contributed by atoms with Crippen molar-refractivity contribution in [2.75, 3.05) is 17.8 Å². The van der Waals surface area contributed by atoms with Gasteiger partial charge in [0.25, 0.3) is 0 Å². The number of aromatic hydroxyl groups is 1. The first-order valence-corrected chi connectivity index (χ1v) is 6.61. The summed E-state index contributed by atoms with van der Waals surface area (Å²) in [6.45, 7) is 4.07. The average Bonchev–Trinajstić information content (AvgIpc) is 2.24. The minimum Gasteiger partial charge on any atom is -0.505 e. The molecule has 7 heteroatoms. The summed E-state index contributed by atoms with van der Waals surface area (Å²) in [7, 11) is -3.67. The average molecular weight is 262 g/mol. The zero-order valence-electron chi connectivity index (χ0n) is 9.64. The van der Waals surface area contributed by atoms with Crippen LogP contribution in [0.4, 0.5) is 10.1 Å². The molecule has 0 amide bonds. The van der Waals surface area contributed by atoms with E-state index in [1.807, 2.05) is 0 Å². The smallest absolute Gasteiger partial charge is 0.301 e. The molecule has 5 nitrogen and oxygen atoms in total. The number of phenolic OH excluding ortho intramolecular Hbond substituents is 1. The van der Waals surface area contributed by atoms with Crippen molar-refractivity contribution in [2.45, 2.75) is 13.8 Å². The largest absolute Gasteiger partial charge is 0.505 e. The van der Waals surface area contributed by atoms with Crippen molar-refractivity contribution in [3.8, 4) is 5.75 Å². The molecule has 0 bridgehead atoms. The summed E-state index contributed by atoms with van der Waals surface area (Å²) in [6.07, 6.45) is 0. The maximum absolute atomic E-state index is 13.0. The molecule has 0 spiro atoms. The molecular formula is C10H15FN2O3S. The molecule has 0 atom stereocenters. The molecule has 2 N–H and O–H groups in total. The summed E-state index contributed by atoms with van der Waals surface area (Å²) in [4.78, 5) is 0. The Morgan fingerprint density at radius 1 is 1.35 bits per heavy atom. The number of phenols is 1. The SMILES string of the molecule is CCN(CC)S(=O)(=O)Nc1ccc(O)c(F)c1. The van der Waals surface area contributed by atoms with Gasteiger partial charge in [-0.3, -0.25) is 4.72 Å². The third-order valence-corrected chi connectivity index (χ3v) is 3.93. The second kappa shape index (κ2) is 5.33. The minimum atomic E-state index is -3.67. The Labute approximate surface area is 100 Å². The van der Waals surface area contributed by atoms with Crippen molar-refractivity contribution in [3.63, 3.8) is 0 Å². The molecule has 0 saturated carbocycles. The van der Waals surface area contributed by atoms with Crippen LogP contribution in [0.3, 0.4) is 0 Å². The van der Waals surface area contributed by atoms with Crippen molar-refractivity contribution >= 4 is 15.9 Å². The van der Waals surface area contributed by atoms with Gasteiger partial charge in [0.15, 0.2) is 11.6 Å². The summed E-state index contributed by atoms with van der Waals surface area (Å²) in [5.41, 5.74) is 0.0761. The Morgan fingerprint density at radius 3 is 2.41 bits per heavy atom. The Bertz CT molecular complexity index is 486. The lowest BCUT2D eigenvalue weighted by Gasteiger charge is -2.19. The molecule has 0 heterocycles. The van der Waals surface area contributed by atoms with E-state index >= 15 is 0 Å². The number of hydrogen-bond acceptors (Lipinski definition) is 3. The molecule has 0 aromatic heterocycles. The molecule has 0 unspecified atom stereocenters. The lowest BCUT2D eigenvalue weighted by molar-refractivity contribution is 0.432. The fraction of sp³-hybridized carbons (Fsp3) is 0.400.